The SMILES string of the molecule is Cc1ccc(CNc2nc(-c3ccc(OCC4CCCN4)cc3)ncc2C(N)=O)c(F)c1. The lowest BCUT2D eigenvalue weighted by atomic mass is 10.1. The molecule has 1 atom stereocenters. The number of aryl methyl sites for hydroxylation is 1. The highest BCUT2D eigenvalue weighted by molar-refractivity contribution is 5.97. The maximum atomic E-state index is 14.2. The first-order chi connectivity index (χ1) is 15.5. The summed E-state index contributed by atoms with van der Waals surface area (Å²) < 4.78 is 20.0. The molecule has 4 N–H and O–H groups in total. The van der Waals surface area contributed by atoms with E-state index in [1.165, 1.54) is 18.7 Å². The van der Waals surface area contributed by atoms with Crippen LogP contribution in [0.3, 0.4) is 0 Å². The molecule has 0 saturated carbocycles. The van der Waals surface area contributed by atoms with Gasteiger partial charge in [-0.25, -0.2) is 14.4 Å². The van der Waals surface area contributed by atoms with Crippen molar-refractivity contribution < 1.29 is 13.9 Å². The summed E-state index contributed by atoms with van der Waals surface area (Å²) in [6.45, 7) is 3.65. The average Bonchev–Trinajstić information content (AvgIpc) is 3.31. The summed E-state index contributed by atoms with van der Waals surface area (Å²) >= 11 is 0. The number of hydrogen-bond acceptors (Lipinski definition) is 6. The molecule has 4 rings (SSSR count). The molecule has 3 aromatic rings. The quantitative estimate of drug-likeness (QED) is 0.501. The lowest BCUT2D eigenvalue weighted by molar-refractivity contribution is 0.100. The number of carbonyl (C=O) groups is 1. The number of benzene rings is 2. The highest BCUT2D eigenvalue weighted by Crippen LogP contribution is 2.23. The molecule has 1 aromatic heterocycles. The van der Waals surface area contributed by atoms with Gasteiger partial charge in [-0.15, -0.1) is 0 Å². The summed E-state index contributed by atoms with van der Waals surface area (Å²) in [5.74, 6) is 0.467. The number of nitrogens with two attached hydrogens (primary N) is 1. The number of amides is 1. The molecule has 1 unspecified atom stereocenters. The van der Waals surface area contributed by atoms with Crippen molar-refractivity contribution in [1.82, 2.24) is 15.3 Å². The molecule has 2 aromatic carbocycles. The molecule has 0 aliphatic carbocycles. The standard InChI is InChI=1S/C24H26FN5O2/c1-15-4-5-17(21(25)11-15)12-28-24-20(22(26)31)13-29-23(30-24)16-6-8-19(9-7-16)32-14-18-3-2-10-27-18/h4-9,11,13,18,27H,2-3,10,12,14H2,1H3,(H2,26,31)(H,28,29,30). The van der Waals surface area contributed by atoms with Gasteiger partial charge in [0.1, 0.15) is 24.0 Å². The van der Waals surface area contributed by atoms with E-state index in [2.05, 4.69) is 20.6 Å². The highest BCUT2D eigenvalue weighted by atomic mass is 19.1. The molecule has 32 heavy (non-hydrogen) atoms. The van der Waals surface area contributed by atoms with Crippen molar-refractivity contribution in [2.75, 3.05) is 18.5 Å². The van der Waals surface area contributed by atoms with E-state index in [-0.39, 0.29) is 23.7 Å². The molecule has 8 heteroatoms. The summed E-state index contributed by atoms with van der Waals surface area (Å²) in [6.07, 6.45) is 3.69. The van der Waals surface area contributed by atoms with Gasteiger partial charge in [-0.3, -0.25) is 4.79 Å². The van der Waals surface area contributed by atoms with Crippen LogP contribution < -0.4 is 21.1 Å². The van der Waals surface area contributed by atoms with Crippen LogP contribution in [0.5, 0.6) is 5.75 Å². The minimum Gasteiger partial charge on any atom is -0.492 e. The number of ether oxygens (including phenoxy) is 1. The van der Waals surface area contributed by atoms with Crippen molar-refractivity contribution in [3.63, 3.8) is 0 Å². The van der Waals surface area contributed by atoms with Crippen molar-refractivity contribution in [1.29, 1.82) is 0 Å². The molecule has 0 bridgehead atoms. The van der Waals surface area contributed by atoms with Crippen LogP contribution in [0.4, 0.5) is 10.2 Å². The topological polar surface area (TPSA) is 102 Å². The Bertz CT molecular complexity index is 1100. The Morgan fingerprint density at radius 2 is 2.09 bits per heavy atom. The number of nitrogens with one attached hydrogen (secondary N) is 2. The molecule has 0 spiro atoms. The number of halogens is 1. The summed E-state index contributed by atoms with van der Waals surface area (Å²) in [4.78, 5) is 20.6. The molecular weight excluding hydrogens is 409 g/mol. The van der Waals surface area contributed by atoms with Crippen LogP contribution >= 0.6 is 0 Å². The zero-order valence-corrected chi connectivity index (χ0v) is 17.9. The lowest BCUT2D eigenvalue weighted by Crippen LogP contribution is -2.28. The molecule has 7 nitrogen and oxygen atoms in total. The summed E-state index contributed by atoms with van der Waals surface area (Å²) in [5.41, 5.74) is 7.67. The fourth-order valence-corrected chi connectivity index (χ4v) is 3.61. The van der Waals surface area contributed by atoms with Gasteiger partial charge in [-0.05, 0) is 62.2 Å². The zero-order chi connectivity index (χ0) is 22.5. The Hall–Kier alpha value is -3.52. The number of rotatable bonds is 8. The first-order valence-electron chi connectivity index (χ1n) is 10.6. The largest absolute Gasteiger partial charge is 0.492 e. The molecule has 1 amide bonds. The molecule has 1 aliphatic heterocycles. The van der Waals surface area contributed by atoms with Crippen molar-refractivity contribution in [2.45, 2.75) is 32.4 Å². The summed E-state index contributed by atoms with van der Waals surface area (Å²) in [7, 11) is 0. The molecule has 166 valence electrons. The maximum absolute atomic E-state index is 14.2. The normalized spacial score (nSPS) is 15.5. The van der Waals surface area contributed by atoms with E-state index in [1.54, 1.807) is 6.07 Å². The maximum Gasteiger partial charge on any atom is 0.254 e. The van der Waals surface area contributed by atoms with E-state index < -0.39 is 5.91 Å². The average molecular weight is 436 g/mol. The second kappa shape index (κ2) is 9.74. The van der Waals surface area contributed by atoms with E-state index in [0.717, 1.165) is 29.8 Å². The van der Waals surface area contributed by atoms with Gasteiger partial charge in [0.15, 0.2) is 5.82 Å². The number of hydrogen-bond donors (Lipinski definition) is 3. The van der Waals surface area contributed by atoms with E-state index in [1.807, 2.05) is 37.3 Å². The van der Waals surface area contributed by atoms with E-state index in [0.29, 0.717) is 24.0 Å². The van der Waals surface area contributed by atoms with Crippen LogP contribution in [0.15, 0.2) is 48.7 Å². The Labute approximate surface area is 186 Å². The highest BCUT2D eigenvalue weighted by Gasteiger charge is 2.16. The van der Waals surface area contributed by atoms with Gasteiger partial charge >= 0.3 is 0 Å². The predicted molar refractivity (Wildman–Crippen MR) is 121 cm³/mol. The summed E-state index contributed by atoms with van der Waals surface area (Å²) in [6, 6.07) is 12.8. The third-order valence-corrected chi connectivity index (χ3v) is 5.44. The lowest BCUT2D eigenvalue weighted by Gasteiger charge is -2.13. The number of aromatic nitrogens is 2. The fraction of sp³-hybridized carbons (Fsp3) is 0.292. The molecule has 1 fully saturated rings. The second-order valence-corrected chi connectivity index (χ2v) is 7.90. The number of carbonyl (C=O) groups excluding carboxylic acids is 1. The first kappa shape index (κ1) is 21.7. The van der Waals surface area contributed by atoms with E-state index >= 15 is 0 Å². The minimum atomic E-state index is -0.660. The zero-order valence-electron chi connectivity index (χ0n) is 17.9. The fourth-order valence-electron chi connectivity index (χ4n) is 3.61. The van der Waals surface area contributed by atoms with E-state index in [9.17, 15) is 9.18 Å². The van der Waals surface area contributed by atoms with Crippen LogP contribution in [0.25, 0.3) is 11.4 Å². The van der Waals surface area contributed by atoms with Crippen molar-refractivity contribution in [3.8, 4) is 17.1 Å². The second-order valence-electron chi connectivity index (χ2n) is 7.90. The van der Waals surface area contributed by atoms with Gasteiger partial charge in [0.25, 0.3) is 5.91 Å². The third kappa shape index (κ3) is 5.20. The molecular formula is C24H26FN5O2. The Morgan fingerprint density at radius 3 is 2.78 bits per heavy atom. The Balaban J connectivity index is 1.49. The van der Waals surface area contributed by atoms with Crippen LogP contribution in [-0.2, 0) is 6.54 Å². The van der Waals surface area contributed by atoms with Gasteiger partial charge in [0, 0.05) is 29.9 Å². The van der Waals surface area contributed by atoms with Crippen molar-refractivity contribution in [3.05, 3.63) is 71.2 Å². The number of primary amides is 1. The minimum absolute atomic E-state index is 0.144. The molecule has 1 saturated heterocycles. The monoisotopic (exact) mass is 435 g/mol. The van der Waals surface area contributed by atoms with Gasteiger partial charge in [-0.1, -0.05) is 12.1 Å². The molecule has 2 heterocycles. The Morgan fingerprint density at radius 1 is 1.28 bits per heavy atom. The van der Waals surface area contributed by atoms with Gasteiger partial charge < -0.3 is 21.1 Å². The predicted octanol–water partition coefficient (Wildman–Crippen LogP) is 3.43. The van der Waals surface area contributed by atoms with Crippen LogP contribution in [0.2, 0.25) is 0 Å². The summed E-state index contributed by atoms with van der Waals surface area (Å²) in [5, 5.41) is 6.42. The third-order valence-electron chi connectivity index (χ3n) is 5.44. The molecule has 0 radical (unpaired) electrons. The van der Waals surface area contributed by atoms with Crippen molar-refractivity contribution >= 4 is 11.7 Å². The van der Waals surface area contributed by atoms with Crippen LogP contribution in [0, 0.1) is 12.7 Å². The smallest absolute Gasteiger partial charge is 0.254 e. The van der Waals surface area contributed by atoms with Crippen molar-refractivity contribution in [2.24, 2.45) is 5.73 Å². The molecule has 1 aliphatic rings. The first-order valence-corrected chi connectivity index (χ1v) is 10.6. The van der Waals surface area contributed by atoms with Gasteiger partial charge in [0.2, 0.25) is 0 Å². The van der Waals surface area contributed by atoms with Crippen LogP contribution in [0.1, 0.15) is 34.3 Å². The number of anilines is 1. The number of nitrogens with zero attached hydrogens (tertiary/aromatic N) is 2. The van der Waals surface area contributed by atoms with Crippen LogP contribution in [-0.4, -0.2) is 35.1 Å². The Kier molecular flexibility index (Phi) is 6.61. The van der Waals surface area contributed by atoms with Gasteiger partial charge in [-0.2, -0.15) is 0 Å². The van der Waals surface area contributed by atoms with Gasteiger partial charge in [0.05, 0.1) is 5.56 Å². The van der Waals surface area contributed by atoms with E-state index in [4.69, 9.17) is 10.5 Å².